The number of halogens is 2. The standard InChI is InChI=1S/C18H16Cl2N4O2S/c1-11-5-7-12(8-6-11)26-9-15-22-18(24-23-15)27-10-16(25)21-14-4-2-3-13(19)17(14)20/h2-8H,9-10H2,1H3,(H,21,25)(H,22,23,24). The average Bonchev–Trinajstić information content (AvgIpc) is 3.11. The number of anilines is 1. The van der Waals surface area contributed by atoms with E-state index in [4.69, 9.17) is 27.9 Å². The Bertz CT molecular complexity index is 931. The molecule has 6 nitrogen and oxygen atoms in total. The lowest BCUT2D eigenvalue weighted by Crippen LogP contribution is -2.14. The van der Waals surface area contributed by atoms with Crippen LogP contribution in [0.2, 0.25) is 10.0 Å². The average molecular weight is 423 g/mol. The highest BCUT2D eigenvalue weighted by molar-refractivity contribution is 7.99. The van der Waals surface area contributed by atoms with E-state index in [1.807, 2.05) is 31.2 Å². The van der Waals surface area contributed by atoms with Crippen LogP contribution in [0, 0.1) is 6.92 Å². The zero-order valence-electron chi connectivity index (χ0n) is 14.3. The molecule has 140 valence electrons. The molecule has 0 aliphatic heterocycles. The quantitative estimate of drug-likeness (QED) is 0.537. The van der Waals surface area contributed by atoms with Gasteiger partial charge < -0.3 is 10.1 Å². The van der Waals surface area contributed by atoms with Gasteiger partial charge in [0, 0.05) is 0 Å². The first kappa shape index (κ1) is 19.5. The van der Waals surface area contributed by atoms with E-state index in [1.165, 1.54) is 11.8 Å². The summed E-state index contributed by atoms with van der Waals surface area (Å²) in [7, 11) is 0. The van der Waals surface area contributed by atoms with Gasteiger partial charge in [0.1, 0.15) is 12.4 Å². The van der Waals surface area contributed by atoms with E-state index < -0.39 is 0 Å². The Labute approximate surface area is 170 Å². The number of thioether (sulfide) groups is 1. The number of aromatic amines is 1. The van der Waals surface area contributed by atoms with E-state index in [2.05, 4.69) is 20.5 Å². The van der Waals surface area contributed by atoms with E-state index in [-0.39, 0.29) is 18.3 Å². The molecular weight excluding hydrogens is 407 g/mol. The van der Waals surface area contributed by atoms with Crippen LogP contribution in [0.5, 0.6) is 5.75 Å². The Morgan fingerprint density at radius 1 is 1.22 bits per heavy atom. The summed E-state index contributed by atoms with van der Waals surface area (Å²) in [6.07, 6.45) is 0. The van der Waals surface area contributed by atoms with Crippen molar-refractivity contribution in [2.75, 3.05) is 11.1 Å². The summed E-state index contributed by atoms with van der Waals surface area (Å²) in [6.45, 7) is 2.28. The molecule has 0 saturated heterocycles. The Morgan fingerprint density at radius 2 is 2.00 bits per heavy atom. The van der Waals surface area contributed by atoms with Crippen LogP contribution in [0.15, 0.2) is 47.6 Å². The number of hydrogen-bond donors (Lipinski definition) is 2. The summed E-state index contributed by atoms with van der Waals surface area (Å²) in [5.41, 5.74) is 1.63. The molecular formula is C18H16Cl2N4O2S. The molecule has 0 aliphatic carbocycles. The predicted octanol–water partition coefficient (Wildman–Crippen LogP) is 4.73. The highest BCUT2D eigenvalue weighted by atomic mass is 35.5. The Kier molecular flexibility index (Phi) is 6.60. The van der Waals surface area contributed by atoms with Gasteiger partial charge in [-0.3, -0.25) is 9.89 Å². The molecule has 3 rings (SSSR count). The summed E-state index contributed by atoms with van der Waals surface area (Å²) >= 11 is 13.2. The second-order valence-electron chi connectivity index (χ2n) is 5.60. The molecule has 9 heteroatoms. The minimum absolute atomic E-state index is 0.138. The number of nitrogens with one attached hydrogen (secondary N) is 2. The number of aryl methyl sites for hydroxylation is 1. The zero-order valence-corrected chi connectivity index (χ0v) is 16.7. The van der Waals surface area contributed by atoms with Crippen molar-refractivity contribution in [2.24, 2.45) is 0 Å². The monoisotopic (exact) mass is 422 g/mol. The van der Waals surface area contributed by atoms with E-state index in [0.717, 1.165) is 11.3 Å². The lowest BCUT2D eigenvalue weighted by Gasteiger charge is -2.07. The van der Waals surface area contributed by atoms with Crippen LogP contribution in [0.3, 0.4) is 0 Å². The second kappa shape index (κ2) is 9.12. The minimum atomic E-state index is -0.230. The van der Waals surface area contributed by atoms with Gasteiger partial charge in [-0.05, 0) is 31.2 Å². The van der Waals surface area contributed by atoms with Crippen molar-refractivity contribution >= 4 is 46.6 Å². The highest BCUT2D eigenvalue weighted by Gasteiger charge is 2.11. The topological polar surface area (TPSA) is 79.9 Å². The normalized spacial score (nSPS) is 10.6. The minimum Gasteiger partial charge on any atom is -0.486 e. The van der Waals surface area contributed by atoms with Crippen molar-refractivity contribution in [1.82, 2.24) is 15.2 Å². The van der Waals surface area contributed by atoms with Crippen molar-refractivity contribution < 1.29 is 9.53 Å². The van der Waals surface area contributed by atoms with Crippen LogP contribution < -0.4 is 10.1 Å². The van der Waals surface area contributed by atoms with Crippen molar-refractivity contribution in [2.45, 2.75) is 18.7 Å². The highest BCUT2D eigenvalue weighted by Crippen LogP contribution is 2.29. The third-order valence-electron chi connectivity index (χ3n) is 3.47. The van der Waals surface area contributed by atoms with Crippen molar-refractivity contribution in [3.05, 3.63) is 63.9 Å². The summed E-state index contributed by atoms with van der Waals surface area (Å²) in [5, 5.41) is 10.7. The maximum absolute atomic E-state index is 12.1. The fraction of sp³-hybridized carbons (Fsp3) is 0.167. The third-order valence-corrected chi connectivity index (χ3v) is 5.13. The molecule has 0 spiro atoms. The molecule has 0 fully saturated rings. The molecule has 1 amide bonds. The molecule has 0 aliphatic rings. The molecule has 0 radical (unpaired) electrons. The molecule has 0 saturated carbocycles. The van der Waals surface area contributed by atoms with Gasteiger partial charge in [0.25, 0.3) is 0 Å². The van der Waals surface area contributed by atoms with Crippen LogP contribution in [-0.2, 0) is 11.4 Å². The zero-order chi connectivity index (χ0) is 19.2. The number of carbonyl (C=O) groups excluding carboxylic acids is 1. The van der Waals surface area contributed by atoms with Gasteiger partial charge in [-0.1, -0.05) is 58.7 Å². The molecule has 0 atom stereocenters. The molecule has 1 aromatic heterocycles. The maximum atomic E-state index is 12.1. The summed E-state index contributed by atoms with van der Waals surface area (Å²) < 4.78 is 5.64. The van der Waals surface area contributed by atoms with Gasteiger partial charge in [-0.25, -0.2) is 4.98 Å². The number of amides is 1. The first-order chi connectivity index (χ1) is 13.0. The molecule has 2 aromatic carbocycles. The molecule has 0 unspecified atom stereocenters. The molecule has 0 bridgehead atoms. The molecule has 2 N–H and O–H groups in total. The number of carbonyl (C=O) groups is 1. The largest absolute Gasteiger partial charge is 0.486 e. The smallest absolute Gasteiger partial charge is 0.234 e. The third kappa shape index (κ3) is 5.63. The summed E-state index contributed by atoms with van der Waals surface area (Å²) in [5.74, 6) is 1.24. The van der Waals surface area contributed by atoms with Crippen molar-refractivity contribution in [1.29, 1.82) is 0 Å². The summed E-state index contributed by atoms with van der Waals surface area (Å²) in [4.78, 5) is 16.4. The van der Waals surface area contributed by atoms with E-state index in [1.54, 1.807) is 18.2 Å². The van der Waals surface area contributed by atoms with Gasteiger partial charge in [-0.15, -0.1) is 5.10 Å². The second-order valence-corrected chi connectivity index (χ2v) is 7.33. The predicted molar refractivity (Wildman–Crippen MR) is 108 cm³/mol. The Morgan fingerprint density at radius 3 is 2.78 bits per heavy atom. The fourth-order valence-corrected chi connectivity index (χ4v) is 3.07. The van der Waals surface area contributed by atoms with Crippen molar-refractivity contribution in [3.8, 4) is 5.75 Å². The summed E-state index contributed by atoms with van der Waals surface area (Å²) in [6, 6.07) is 12.8. The van der Waals surface area contributed by atoms with Crippen LogP contribution >= 0.6 is 35.0 Å². The lowest BCUT2D eigenvalue weighted by molar-refractivity contribution is -0.113. The van der Waals surface area contributed by atoms with Crippen LogP contribution in [0.1, 0.15) is 11.4 Å². The van der Waals surface area contributed by atoms with E-state index >= 15 is 0 Å². The molecule has 1 heterocycles. The van der Waals surface area contributed by atoms with Gasteiger partial charge >= 0.3 is 0 Å². The van der Waals surface area contributed by atoms with Gasteiger partial charge in [0.05, 0.1) is 21.5 Å². The fourth-order valence-electron chi connectivity index (χ4n) is 2.11. The van der Waals surface area contributed by atoms with Gasteiger partial charge in [-0.2, -0.15) is 0 Å². The number of benzene rings is 2. The number of H-pyrrole nitrogens is 1. The first-order valence-electron chi connectivity index (χ1n) is 7.98. The van der Waals surface area contributed by atoms with Gasteiger partial charge in [0.15, 0.2) is 5.82 Å². The van der Waals surface area contributed by atoms with Crippen LogP contribution in [-0.4, -0.2) is 26.8 Å². The van der Waals surface area contributed by atoms with E-state index in [9.17, 15) is 4.79 Å². The van der Waals surface area contributed by atoms with Crippen molar-refractivity contribution in [3.63, 3.8) is 0 Å². The molecule has 3 aromatic rings. The molecule has 27 heavy (non-hydrogen) atoms. The van der Waals surface area contributed by atoms with Gasteiger partial charge in [0.2, 0.25) is 11.1 Å². The number of ether oxygens (including phenoxy) is 1. The number of rotatable bonds is 7. The SMILES string of the molecule is Cc1ccc(OCc2nc(SCC(=O)Nc3cccc(Cl)c3Cl)n[nH]2)cc1. The number of nitrogens with zero attached hydrogens (tertiary/aromatic N) is 2. The Hall–Kier alpha value is -2.22. The number of hydrogen-bond acceptors (Lipinski definition) is 5. The Balaban J connectivity index is 1.48. The lowest BCUT2D eigenvalue weighted by atomic mass is 10.2. The number of aromatic nitrogens is 3. The van der Waals surface area contributed by atoms with E-state index in [0.29, 0.717) is 26.7 Å². The first-order valence-corrected chi connectivity index (χ1v) is 9.73. The maximum Gasteiger partial charge on any atom is 0.234 e. The van der Waals surface area contributed by atoms with Crippen LogP contribution in [0.4, 0.5) is 5.69 Å². The van der Waals surface area contributed by atoms with Crippen LogP contribution in [0.25, 0.3) is 0 Å².